The fourth-order valence-corrected chi connectivity index (χ4v) is 4.08. The summed E-state index contributed by atoms with van der Waals surface area (Å²) in [5, 5.41) is 0.979. The number of methoxy groups -OCH3 is 1. The number of carbonyl (C=O) groups excluding carboxylic acids is 1. The maximum absolute atomic E-state index is 13.2. The lowest BCUT2D eigenvalue weighted by molar-refractivity contribution is 0.202. The first-order valence-corrected chi connectivity index (χ1v) is 10.3. The number of nitrogens with zero attached hydrogens (tertiary/aromatic N) is 4. The topological polar surface area (TPSA) is 48.9 Å². The molecule has 6 heteroatoms. The molecule has 1 aliphatic heterocycles. The molecule has 0 N–H and O–H groups in total. The normalized spacial score (nSPS) is 14.1. The van der Waals surface area contributed by atoms with E-state index in [4.69, 9.17) is 4.74 Å². The Morgan fingerprint density at radius 3 is 2.33 bits per heavy atom. The van der Waals surface area contributed by atoms with Gasteiger partial charge in [-0.1, -0.05) is 24.3 Å². The van der Waals surface area contributed by atoms with Gasteiger partial charge < -0.3 is 14.5 Å². The maximum atomic E-state index is 13.2. The Labute approximate surface area is 177 Å². The number of aryl methyl sites for hydroxylation is 2. The van der Waals surface area contributed by atoms with Crippen LogP contribution < -0.4 is 14.5 Å². The van der Waals surface area contributed by atoms with Gasteiger partial charge in [-0.15, -0.1) is 0 Å². The highest BCUT2D eigenvalue weighted by Gasteiger charge is 2.26. The summed E-state index contributed by atoms with van der Waals surface area (Å²) in [5.74, 6) is 0.457. The van der Waals surface area contributed by atoms with Crippen molar-refractivity contribution in [1.29, 1.82) is 0 Å². The highest BCUT2D eigenvalue weighted by atomic mass is 16.5. The van der Waals surface area contributed by atoms with Gasteiger partial charge >= 0.3 is 6.03 Å². The average Bonchev–Trinajstić information content (AvgIpc) is 2.76. The van der Waals surface area contributed by atoms with Crippen LogP contribution in [0.4, 0.5) is 16.2 Å². The number of benzene rings is 2. The van der Waals surface area contributed by atoms with E-state index in [1.165, 1.54) is 16.8 Å². The van der Waals surface area contributed by atoms with Crippen LogP contribution in [-0.2, 0) is 0 Å². The molecule has 156 valence electrons. The molecule has 1 aromatic heterocycles. The van der Waals surface area contributed by atoms with Crippen molar-refractivity contribution in [2.24, 2.45) is 0 Å². The minimum absolute atomic E-state index is 0.0366. The van der Waals surface area contributed by atoms with Crippen LogP contribution >= 0.6 is 0 Å². The molecule has 2 aromatic carbocycles. The van der Waals surface area contributed by atoms with Crippen molar-refractivity contribution in [3.05, 3.63) is 59.7 Å². The Hall–Kier alpha value is -3.28. The monoisotopic (exact) mass is 404 g/mol. The lowest BCUT2D eigenvalue weighted by atomic mass is 10.1. The van der Waals surface area contributed by atoms with Crippen LogP contribution in [0.25, 0.3) is 10.9 Å². The lowest BCUT2D eigenvalue weighted by Gasteiger charge is -2.38. The molecule has 0 atom stereocenters. The summed E-state index contributed by atoms with van der Waals surface area (Å²) in [6, 6.07) is 16.4. The van der Waals surface area contributed by atoms with Gasteiger partial charge in [0.2, 0.25) is 5.88 Å². The molecule has 0 radical (unpaired) electrons. The molecule has 2 heterocycles. The van der Waals surface area contributed by atoms with Crippen LogP contribution in [0.1, 0.15) is 11.1 Å². The number of para-hydroxylation sites is 1. The summed E-state index contributed by atoms with van der Waals surface area (Å²) in [4.78, 5) is 23.7. The number of fused-ring (bicyclic) bond motifs is 1. The molecule has 0 bridgehead atoms. The van der Waals surface area contributed by atoms with E-state index in [1.807, 2.05) is 35.2 Å². The number of anilines is 2. The zero-order valence-electron chi connectivity index (χ0n) is 18.1. The van der Waals surface area contributed by atoms with Crippen molar-refractivity contribution in [2.45, 2.75) is 13.8 Å². The molecule has 1 saturated heterocycles. The number of piperazine rings is 1. The van der Waals surface area contributed by atoms with E-state index in [-0.39, 0.29) is 6.03 Å². The van der Waals surface area contributed by atoms with Gasteiger partial charge in [-0.2, -0.15) is 0 Å². The minimum atomic E-state index is -0.0366. The highest BCUT2D eigenvalue weighted by Crippen LogP contribution is 2.30. The lowest BCUT2D eigenvalue weighted by Crippen LogP contribution is -2.52. The fourth-order valence-electron chi connectivity index (χ4n) is 4.08. The molecule has 6 nitrogen and oxygen atoms in total. The number of hydrogen-bond acceptors (Lipinski definition) is 4. The van der Waals surface area contributed by atoms with Crippen LogP contribution in [0.2, 0.25) is 0 Å². The number of carbonyl (C=O) groups is 1. The van der Waals surface area contributed by atoms with Gasteiger partial charge in [-0.05, 0) is 49.2 Å². The van der Waals surface area contributed by atoms with Gasteiger partial charge in [-0.25, -0.2) is 9.78 Å². The number of ether oxygens (including phenoxy) is 1. The van der Waals surface area contributed by atoms with Crippen molar-refractivity contribution in [2.75, 3.05) is 50.1 Å². The summed E-state index contributed by atoms with van der Waals surface area (Å²) in [7, 11) is 3.37. The number of aromatic nitrogens is 1. The van der Waals surface area contributed by atoms with Gasteiger partial charge in [0.15, 0.2) is 0 Å². The van der Waals surface area contributed by atoms with E-state index in [2.05, 4.69) is 41.9 Å². The second kappa shape index (κ2) is 8.22. The molecule has 1 fully saturated rings. The molecule has 1 aliphatic rings. The number of amides is 2. The summed E-state index contributed by atoms with van der Waals surface area (Å²) in [6.45, 7) is 7.23. The Morgan fingerprint density at radius 2 is 1.67 bits per heavy atom. The number of hydrogen-bond donors (Lipinski definition) is 0. The van der Waals surface area contributed by atoms with Crippen molar-refractivity contribution >= 4 is 28.3 Å². The Bertz CT molecular complexity index is 1050. The Kier molecular flexibility index (Phi) is 5.48. The van der Waals surface area contributed by atoms with E-state index < -0.39 is 0 Å². The first-order chi connectivity index (χ1) is 14.5. The molecular formula is C24H28N4O2. The quantitative estimate of drug-likeness (QED) is 0.655. The van der Waals surface area contributed by atoms with Crippen LogP contribution in [0.5, 0.6) is 5.88 Å². The van der Waals surface area contributed by atoms with Crippen LogP contribution in [0.3, 0.4) is 0 Å². The van der Waals surface area contributed by atoms with E-state index in [0.29, 0.717) is 24.7 Å². The summed E-state index contributed by atoms with van der Waals surface area (Å²) < 4.78 is 5.48. The van der Waals surface area contributed by atoms with Gasteiger partial charge in [0.05, 0.1) is 12.6 Å². The highest BCUT2D eigenvalue weighted by molar-refractivity contribution is 5.96. The molecule has 0 spiro atoms. The smallest absolute Gasteiger partial charge is 0.324 e. The molecule has 2 amide bonds. The SMILES string of the molecule is COc1nc2ccccc2cc1N(C)C(=O)N1CCN(c2cc(C)cc(C)c2)CC1. The standard InChI is InChI=1S/C24H28N4O2/c1-17-13-18(2)15-20(14-17)27-9-11-28(12-10-27)24(29)26(3)22-16-19-7-5-6-8-21(19)25-23(22)30-4/h5-8,13-16H,9-12H2,1-4H3. The molecule has 0 unspecified atom stereocenters. The zero-order valence-corrected chi connectivity index (χ0v) is 18.1. The predicted octanol–water partition coefficient (Wildman–Crippen LogP) is 4.24. The summed E-state index contributed by atoms with van der Waals surface area (Å²) in [6.07, 6.45) is 0. The molecule has 3 aromatic rings. The molecule has 0 saturated carbocycles. The first kappa shape index (κ1) is 20.0. The summed E-state index contributed by atoms with van der Waals surface area (Å²) in [5.41, 5.74) is 5.28. The van der Waals surface area contributed by atoms with Crippen molar-refractivity contribution in [1.82, 2.24) is 9.88 Å². The average molecular weight is 405 g/mol. The van der Waals surface area contributed by atoms with Crippen molar-refractivity contribution in [3.8, 4) is 5.88 Å². The van der Waals surface area contributed by atoms with Crippen LogP contribution in [0.15, 0.2) is 48.5 Å². The second-order valence-electron chi connectivity index (χ2n) is 7.87. The Morgan fingerprint density at radius 1 is 1.00 bits per heavy atom. The third kappa shape index (κ3) is 3.90. The van der Waals surface area contributed by atoms with E-state index >= 15 is 0 Å². The third-order valence-electron chi connectivity index (χ3n) is 5.63. The first-order valence-electron chi connectivity index (χ1n) is 10.3. The van der Waals surface area contributed by atoms with Gasteiger partial charge in [-0.3, -0.25) is 4.90 Å². The zero-order chi connectivity index (χ0) is 21.3. The van der Waals surface area contributed by atoms with Gasteiger partial charge in [0.1, 0.15) is 5.69 Å². The van der Waals surface area contributed by atoms with Gasteiger partial charge in [0, 0.05) is 44.3 Å². The maximum Gasteiger partial charge on any atom is 0.324 e. The second-order valence-corrected chi connectivity index (χ2v) is 7.87. The summed E-state index contributed by atoms with van der Waals surface area (Å²) >= 11 is 0. The van der Waals surface area contributed by atoms with Gasteiger partial charge in [0.25, 0.3) is 0 Å². The van der Waals surface area contributed by atoms with Crippen molar-refractivity contribution in [3.63, 3.8) is 0 Å². The molecular weight excluding hydrogens is 376 g/mol. The van der Waals surface area contributed by atoms with Crippen LogP contribution in [-0.4, -0.2) is 56.3 Å². The van der Waals surface area contributed by atoms with E-state index in [0.717, 1.165) is 24.0 Å². The Balaban J connectivity index is 1.49. The van der Waals surface area contributed by atoms with E-state index in [1.54, 1.807) is 19.1 Å². The molecule has 0 aliphatic carbocycles. The predicted molar refractivity (Wildman–Crippen MR) is 122 cm³/mol. The molecule has 30 heavy (non-hydrogen) atoms. The fraction of sp³-hybridized carbons (Fsp3) is 0.333. The number of rotatable bonds is 3. The van der Waals surface area contributed by atoms with Crippen LogP contribution in [0, 0.1) is 13.8 Å². The number of urea groups is 1. The van der Waals surface area contributed by atoms with Crippen molar-refractivity contribution < 1.29 is 9.53 Å². The number of pyridine rings is 1. The largest absolute Gasteiger partial charge is 0.479 e. The minimum Gasteiger partial charge on any atom is -0.479 e. The third-order valence-corrected chi connectivity index (χ3v) is 5.63. The van der Waals surface area contributed by atoms with E-state index in [9.17, 15) is 4.79 Å². The molecule has 4 rings (SSSR count).